The number of ether oxygens (including phenoxy) is 1. The van der Waals surface area contributed by atoms with Crippen LogP contribution in [0.2, 0.25) is 0 Å². The first-order chi connectivity index (χ1) is 8.70. The number of hydrogen-bond donors (Lipinski definition) is 1. The first-order valence-corrected chi connectivity index (χ1v) is 5.29. The Morgan fingerprint density at radius 3 is 2.89 bits per heavy atom. The Morgan fingerprint density at radius 2 is 2.17 bits per heavy atom. The van der Waals surface area contributed by atoms with Gasteiger partial charge in [-0.15, -0.1) is 0 Å². The predicted octanol–water partition coefficient (Wildman–Crippen LogP) is 1.44. The number of pyridine rings is 1. The molecule has 0 aliphatic heterocycles. The van der Waals surface area contributed by atoms with Crippen molar-refractivity contribution in [1.82, 2.24) is 15.0 Å². The highest BCUT2D eigenvalue weighted by molar-refractivity contribution is 6.02. The number of carbonyl (C=O) groups is 1. The lowest BCUT2D eigenvalue weighted by Gasteiger charge is -2.06. The average molecular weight is 244 g/mol. The van der Waals surface area contributed by atoms with Crippen molar-refractivity contribution in [3.8, 4) is 5.88 Å². The summed E-state index contributed by atoms with van der Waals surface area (Å²) >= 11 is 0. The molecule has 6 nitrogen and oxygen atoms in total. The number of hydrogen-bond acceptors (Lipinski definition) is 5. The molecule has 0 aliphatic rings. The Bertz CT molecular complexity index is 572. The molecule has 2 heterocycles. The first kappa shape index (κ1) is 12.0. The number of carbonyl (C=O) groups excluding carboxylic acids is 1. The van der Waals surface area contributed by atoms with Crippen LogP contribution in [0.4, 0.5) is 5.82 Å². The number of rotatable bonds is 3. The number of methoxy groups -OCH3 is 1. The van der Waals surface area contributed by atoms with E-state index in [1.54, 1.807) is 12.3 Å². The van der Waals surface area contributed by atoms with Crippen LogP contribution >= 0.6 is 0 Å². The SMILES string of the molecule is COc1cc(C(=O)Nc2ncccc2C)ncn1. The third kappa shape index (κ3) is 2.60. The van der Waals surface area contributed by atoms with Crippen LogP contribution < -0.4 is 10.1 Å². The molecular formula is C12H12N4O2. The van der Waals surface area contributed by atoms with Gasteiger partial charge in [-0.05, 0) is 18.6 Å². The second-order valence-corrected chi connectivity index (χ2v) is 3.57. The minimum absolute atomic E-state index is 0.229. The van der Waals surface area contributed by atoms with Gasteiger partial charge in [-0.1, -0.05) is 6.07 Å². The largest absolute Gasteiger partial charge is 0.481 e. The second-order valence-electron chi connectivity index (χ2n) is 3.57. The standard InChI is InChI=1S/C12H12N4O2/c1-8-4-3-5-13-11(8)16-12(17)9-6-10(18-2)15-7-14-9/h3-7H,1-2H3,(H,13,16,17). The highest BCUT2D eigenvalue weighted by atomic mass is 16.5. The third-order valence-electron chi connectivity index (χ3n) is 2.33. The molecule has 6 heteroatoms. The Labute approximate surface area is 104 Å². The van der Waals surface area contributed by atoms with E-state index in [2.05, 4.69) is 20.3 Å². The molecule has 2 aromatic heterocycles. The smallest absolute Gasteiger partial charge is 0.275 e. The van der Waals surface area contributed by atoms with E-state index in [4.69, 9.17) is 4.74 Å². The van der Waals surface area contributed by atoms with Crippen LogP contribution in [0.5, 0.6) is 5.88 Å². The van der Waals surface area contributed by atoms with Gasteiger partial charge in [0.05, 0.1) is 7.11 Å². The van der Waals surface area contributed by atoms with Crippen molar-refractivity contribution in [1.29, 1.82) is 0 Å². The highest BCUT2D eigenvalue weighted by Crippen LogP contribution is 2.12. The maximum absolute atomic E-state index is 11.9. The molecule has 18 heavy (non-hydrogen) atoms. The van der Waals surface area contributed by atoms with Crippen LogP contribution in [-0.2, 0) is 0 Å². The number of aromatic nitrogens is 3. The Kier molecular flexibility index (Phi) is 3.47. The van der Waals surface area contributed by atoms with Crippen LogP contribution in [0.25, 0.3) is 0 Å². The molecule has 92 valence electrons. The predicted molar refractivity (Wildman–Crippen MR) is 65.5 cm³/mol. The van der Waals surface area contributed by atoms with E-state index in [9.17, 15) is 4.79 Å². The molecule has 0 atom stereocenters. The van der Waals surface area contributed by atoms with Crippen molar-refractivity contribution in [2.45, 2.75) is 6.92 Å². The maximum atomic E-state index is 11.9. The summed E-state index contributed by atoms with van der Waals surface area (Å²) in [4.78, 5) is 23.7. The molecule has 0 aliphatic carbocycles. The fourth-order valence-corrected chi connectivity index (χ4v) is 1.36. The molecular weight excluding hydrogens is 232 g/mol. The highest BCUT2D eigenvalue weighted by Gasteiger charge is 2.11. The van der Waals surface area contributed by atoms with Crippen molar-refractivity contribution in [2.24, 2.45) is 0 Å². The molecule has 2 aromatic rings. The fraction of sp³-hybridized carbons (Fsp3) is 0.167. The second kappa shape index (κ2) is 5.22. The van der Waals surface area contributed by atoms with Crippen molar-refractivity contribution >= 4 is 11.7 Å². The quantitative estimate of drug-likeness (QED) is 0.884. The van der Waals surface area contributed by atoms with Crippen molar-refractivity contribution in [3.05, 3.63) is 42.0 Å². The first-order valence-electron chi connectivity index (χ1n) is 5.29. The number of nitrogens with one attached hydrogen (secondary N) is 1. The van der Waals surface area contributed by atoms with E-state index in [1.807, 2.05) is 13.0 Å². The molecule has 1 N–H and O–H groups in total. The number of anilines is 1. The van der Waals surface area contributed by atoms with Gasteiger partial charge in [0.2, 0.25) is 5.88 Å². The molecule has 2 rings (SSSR count). The van der Waals surface area contributed by atoms with Gasteiger partial charge >= 0.3 is 0 Å². The average Bonchev–Trinajstić information content (AvgIpc) is 2.41. The van der Waals surface area contributed by atoms with E-state index >= 15 is 0 Å². The van der Waals surface area contributed by atoms with E-state index in [0.29, 0.717) is 11.7 Å². The van der Waals surface area contributed by atoms with Crippen LogP contribution in [0, 0.1) is 6.92 Å². The van der Waals surface area contributed by atoms with Gasteiger partial charge in [-0.2, -0.15) is 0 Å². The lowest BCUT2D eigenvalue weighted by molar-refractivity contribution is 0.102. The third-order valence-corrected chi connectivity index (χ3v) is 2.33. The molecule has 0 saturated heterocycles. The topological polar surface area (TPSA) is 77.0 Å². The van der Waals surface area contributed by atoms with Gasteiger partial charge < -0.3 is 10.1 Å². The summed E-state index contributed by atoms with van der Waals surface area (Å²) in [7, 11) is 1.48. The van der Waals surface area contributed by atoms with E-state index < -0.39 is 0 Å². The van der Waals surface area contributed by atoms with Gasteiger partial charge in [-0.3, -0.25) is 4.79 Å². The molecule has 0 unspecified atom stereocenters. The molecule has 0 aromatic carbocycles. The van der Waals surface area contributed by atoms with Crippen LogP contribution in [0.1, 0.15) is 16.1 Å². The Hall–Kier alpha value is -2.50. The van der Waals surface area contributed by atoms with Gasteiger partial charge in [0, 0.05) is 12.3 Å². The summed E-state index contributed by atoms with van der Waals surface area (Å²) in [5.74, 6) is 0.505. The van der Waals surface area contributed by atoms with Gasteiger partial charge in [0.25, 0.3) is 5.91 Å². The van der Waals surface area contributed by atoms with Gasteiger partial charge in [0.1, 0.15) is 17.8 Å². The summed E-state index contributed by atoms with van der Waals surface area (Å²) in [5.41, 5.74) is 1.11. The summed E-state index contributed by atoms with van der Waals surface area (Å²) in [6.07, 6.45) is 2.89. The van der Waals surface area contributed by atoms with Crippen molar-refractivity contribution < 1.29 is 9.53 Å². The van der Waals surface area contributed by atoms with Crippen LogP contribution in [0.15, 0.2) is 30.7 Å². The minimum atomic E-state index is -0.350. The minimum Gasteiger partial charge on any atom is -0.481 e. The molecule has 0 radical (unpaired) electrons. The zero-order chi connectivity index (χ0) is 13.0. The maximum Gasteiger partial charge on any atom is 0.275 e. The lowest BCUT2D eigenvalue weighted by atomic mass is 10.3. The normalized spacial score (nSPS) is 9.89. The lowest BCUT2D eigenvalue weighted by Crippen LogP contribution is -2.15. The molecule has 1 amide bonds. The number of nitrogens with zero attached hydrogens (tertiary/aromatic N) is 3. The zero-order valence-corrected chi connectivity index (χ0v) is 10.0. The van der Waals surface area contributed by atoms with Crippen molar-refractivity contribution in [3.63, 3.8) is 0 Å². The number of amides is 1. The zero-order valence-electron chi connectivity index (χ0n) is 10.0. The summed E-state index contributed by atoms with van der Waals surface area (Å²) < 4.78 is 4.93. The van der Waals surface area contributed by atoms with Gasteiger partial charge in [-0.25, -0.2) is 15.0 Å². The van der Waals surface area contributed by atoms with Crippen LogP contribution in [-0.4, -0.2) is 28.0 Å². The van der Waals surface area contributed by atoms with Crippen LogP contribution in [0.3, 0.4) is 0 Å². The molecule has 0 fully saturated rings. The Balaban J connectivity index is 2.19. The van der Waals surface area contributed by atoms with Crippen molar-refractivity contribution in [2.75, 3.05) is 12.4 Å². The van der Waals surface area contributed by atoms with Gasteiger partial charge in [0.15, 0.2) is 0 Å². The summed E-state index contributed by atoms with van der Waals surface area (Å²) in [5, 5.41) is 2.68. The number of aryl methyl sites for hydroxylation is 1. The molecule has 0 saturated carbocycles. The van der Waals surface area contributed by atoms with E-state index in [0.717, 1.165) is 5.56 Å². The summed E-state index contributed by atoms with van der Waals surface area (Å²) in [6, 6.07) is 5.13. The molecule has 0 bridgehead atoms. The van der Waals surface area contributed by atoms with E-state index in [1.165, 1.54) is 19.5 Å². The fourth-order valence-electron chi connectivity index (χ4n) is 1.36. The monoisotopic (exact) mass is 244 g/mol. The Morgan fingerprint density at radius 1 is 1.33 bits per heavy atom. The summed E-state index contributed by atoms with van der Waals surface area (Å²) in [6.45, 7) is 1.86. The van der Waals surface area contributed by atoms with E-state index in [-0.39, 0.29) is 11.6 Å². The molecule has 0 spiro atoms.